The summed E-state index contributed by atoms with van der Waals surface area (Å²) in [7, 11) is 1.34. The normalized spacial score (nSPS) is 11.5. The number of unbranched alkanes of at least 4 members (excludes halogenated alkanes) is 4. The Balaban J connectivity index is 4.89. The lowest BCUT2D eigenvalue weighted by Gasteiger charge is -2.33. The minimum atomic E-state index is -0.888. The highest BCUT2D eigenvalue weighted by atomic mass is 16.6. The highest BCUT2D eigenvalue weighted by molar-refractivity contribution is 5.79. The van der Waals surface area contributed by atoms with Crippen molar-refractivity contribution in [1.82, 2.24) is 5.32 Å². The van der Waals surface area contributed by atoms with E-state index in [1.807, 2.05) is 6.92 Å². The number of amides is 1. The second-order valence-corrected chi connectivity index (χ2v) is 14.1. The average Bonchev–Trinajstić information content (AvgIpc) is 3.20. The Labute approximate surface area is 342 Å². The fourth-order valence-corrected chi connectivity index (χ4v) is 5.36. The fourth-order valence-electron chi connectivity index (χ4n) is 5.36. The zero-order chi connectivity index (χ0) is 42.1. The zero-order valence-corrected chi connectivity index (χ0v) is 35.8. The Morgan fingerprint density at radius 1 is 0.421 bits per heavy atom. The van der Waals surface area contributed by atoms with Crippen LogP contribution in [0.3, 0.4) is 0 Å². The maximum absolute atomic E-state index is 13.4. The third-order valence-electron chi connectivity index (χ3n) is 8.70. The summed E-state index contributed by atoms with van der Waals surface area (Å²) in [4.78, 5) is 61.4. The van der Waals surface area contributed by atoms with E-state index in [-0.39, 0.29) is 114 Å². The van der Waals surface area contributed by atoms with Crippen molar-refractivity contribution in [2.75, 3.05) is 119 Å². The number of esters is 1. The van der Waals surface area contributed by atoms with Gasteiger partial charge in [0.15, 0.2) is 0 Å². The first-order valence-corrected chi connectivity index (χ1v) is 21.2. The van der Waals surface area contributed by atoms with Gasteiger partial charge in [-0.15, -0.1) is 0 Å². The van der Waals surface area contributed by atoms with Gasteiger partial charge < -0.3 is 47.9 Å². The molecule has 0 radical (unpaired) electrons. The van der Waals surface area contributed by atoms with Gasteiger partial charge in [-0.1, -0.05) is 46.5 Å². The van der Waals surface area contributed by atoms with Crippen LogP contribution in [0.4, 0.5) is 0 Å². The Morgan fingerprint density at radius 3 is 1.23 bits per heavy atom. The molecule has 0 aromatic rings. The minimum absolute atomic E-state index is 0.0675. The second-order valence-electron chi connectivity index (χ2n) is 14.1. The summed E-state index contributed by atoms with van der Waals surface area (Å²) < 4.78 is 50.0. The molecule has 0 heterocycles. The molecule has 0 saturated heterocycles. The molecule has 15 heteroatoms. The Kier molecular flexibility index (Phi) is 38.7. The van der Waals surface area contributed by atoms with Gasteiger partial charge >= 0.3 is 5.97 Å². The van der Waals surface area contributed by atoms with Gasteiger partial charge in [-0.3, -0.25) is 24.0 Å². The van der Waals surface area contributed by atoms with Crippen molar-refractivity contribution in [3.05, 3.63) is 0 Å². The van der Waals surface area contributed by atoms with Crippen LogP contribution >= 0.6 is 0 Å². The lowest BCUT2D eigenvalue weighted by atomic mass is 9.84. The summed E-state index contributed by atoms with van der Waals surface area (Å²) in [5.74, 6) is -0.202. The van der Waals surface area contributed by atoms with E-state index in [0.29, 0.717) is 78.8 Å². The molecular formula is C42H77NO14. The van der Waals surface area contributed by atoms with Crippen LogP contribution in [0, 0.1) is 5.41 Å². The second kappa shape index (κ2) is 40.4. The van der Waals surface area contributed by atoms with Crippen LogP contribution in [0.5, 0.6) is 0 Å². The molecule has 0 rings (SSSR count). The van der Waals surface area contributed by atoms with E-state index in [0.717, 1.165) is 44.9 Å². The highest BCUT2D eigenvalue weighted by Gasteiger charge is 2.34. The number of rotatable bonds is 45. The summed E-state index contributed by atoms with van der Waals surface area (Å²) in [6.07, 6.45) is 8.89. The number of ether oxygens (including phenoxy) is 9. The van der Waals surface area contributed by atoms with Crippen LogP contribution in [0.2, 0.25) is 0 Å². The molecule has 0 fully saturated rings. The van der Waals surface area contributed by atoms with Crippen LogP contribution < -0.4 is 5.32 Å². The number of ketones is 3. The molecule has 0 aromatic carbocycles. The summed E-state index contributed by atoms with van der Waals surface area (Å²) in [5.41, 5.74) is -0.888. The van der Waals surface area contributed by atoms with Gasteiger partial charge in [-0.05, 0) is 19.3 Å². The Morgan fingerprint density at radius 2 is 0.807 bits per heavy atom. The Bertz CT molecular complexity index is 981. The summed E-state index contributed by atoms with van der Waals surface area (Å²) in [5, 5.41) is 2.84. The van der Waals surface area contributed by atoms with Crippen molar-refractivity contribution in [3.63, 3.8) is 0 Å². The quantitative estimate of drug-likeness (QED) is 0.0640. The van der Waals surface area contributed by atoms with E-state index in [1.54, 1.807) is 0 Å². The van der Waals surface area contributed by atoms with E-state index >= 15 is 0 Å². The number of nitrogens with one attached hydrogen (secondary N) is 1. The van der Waals surface area contributed by atoms with Gasteiger partial charge in [0.05, 0.1) is 119 Å². The van der Waals surface area contributed by atoms with E-state index in [9.17, 15) is 24.0 Å². The first-order chi connectivity index (χ1) is 27.7. The fraction of sp³-hybridized carbons (Fsp3) is 0.881. The maximum Gasteiger partial charge on any atom is 0.307 e. The third-order valence-corrected chi connectivity index (χ3v) is 8.70. The first-order valence-electron chi connectivity index (χ1n) is 21.2. The summed E-state index contributed by atoms with van der Waals surface area (Å²) in [6.45, 7) is 11.2. The van der Waals surface area contributed by atoms with Crippen molar-refractivity contribution in [2.24, 2.45) is 5.41 Å². The molecule has 57 heavy (non-hydrogen) atoms. The molecule has 0 aliphatic rings. The van der Waals surface area contributed by atoms with Gasteiger partial charge in [-0.2, -0.15) is 0 Å². The Hall–Kier alpha value is -2.37. The summed E-state index contributed by atoms with van der Waals surface area (Å²) in [6, 6.07) is 0. The van der Waals surface area contributed by atoms with Crippen molar-refractivity contribution in [1.29, 1.82) is 0 Å². The molecule has 0 atom stereocenters. The standard InChI is InChI=1S/C42H77NO14/c1-5-8-10-12-37(44)14-21-55-34-42(36-57-23-17-40(47)43-19-7-3,35-56-22-15-38(45)13-11-9-6-2)33-39(46)16-20-50-25-27-52-29-31-54-32-30-53-28-26-51-24-18-41(48)49-4/h5-36H2,1-4H3,(H,43,47). The molecule has 334 valence electrons. The van der Waals surface area contributed by atoms with Gasteiger partial charge in [0, 0.05) is 56.9 Å². The van der Waals surface area contributed by atoms with Gasteiger partial charge in [0.25, 0.3) is 0 Å². The molecule has 0 unspecified atom stereocenters. The number of methoxy groups -OCH3 is 1. The number of Topliss-reactive ketones (excluding diaryl/α,β-unsaturated/α-hetero) is 3. The lowest BCUT2D eigenvalue weighted by molar-refractivity contribution is -0.142. The van der Waals surface area contributed by atoms with Gasteiger partial charge in [0.1, 0.15) is 17.3 Å². The maximum atomic E-state index is 13.4. The van der Waals surface area contributed by atoms with Crippen LogP contribution in [0.15, 0.2) is 0 Å². The van der Waals surface area contributed by atoms with Crippen molar-refractivity contribution in [2.45, 2.75) is 117 Å². The molecule has 0 saturated carbocycles. The monoisotopic (exact) mass is 820 g/mol. The molecule has 1 amide bonds. The largest absolute Gasteiger partial charge is 0.469 e. The molecule has 15 nitrogen and oxygen atoms in total. The highest BCUT2D eigenvalue weighted by Crippen LogP contribution is 2.26. The number of carbonyl (C=O) groups excluding carboxylic acids is 5. The topological polar surface area (TPSA) is 180 Å². The SMILES string of the molecule is CCCCCC(=O)CCOCC(COCCC(=O)CCCCC)(COCCC(=O)NCCC)CC(=O)CCOCCOCCOCCOCCOCCC(=O)OC. The van der Waals surface area contributed by atoms with E-state index in [4.69, 9.17) is 37.9 Å². The number of hydrogen-bond donors (Lipinski definition) is 1. The van der Waals surface area contributed by atoms with Crippen LogP contribution in [0.1, 0.15) is 117 Å². The predicted molar refractivity (Wildman–Crippen MR) is 215 cm³/mol. The molecule has 0 spiro atoms. The van der Waals surface area contributed by atoms with Crippen molar-refractivity contribution < 1.29 is 66.6 Å². The molecule has 0 aliphatic carbocycles. The first kappa shape index (κ1) is 54.6. The van der Waals surface area contributed by atoms with Crippen molar-refractivity contribution in [3.8, 4) is 0 Å². The minimum Gasteiger partial charge on any atom is -0.469 e. The molecule has 0 aliphatic heterocycles. The number of carbonyl (C=O) groups is 5. The molecule has 0 bridgehead atoms. The zero-order valence-electron chi connectivity index (χ0n) is 35.8. The van der Waals surface area contributed by atoms with E-state index in [1.165, 1.54) is 7.11 Å². The molecule has 1 N–H and O–H groups in total. The summed E-state index contributed by atoms with van der Waals surface area (Å²) >= 11 is 0. The van der Waals surface area contributed by atoms with Gasteiger partial charge in [-0.25, -0.2) is 0 Å². The van der Waals surface area contributed by atoms with Crippen LogP contribution in [0.25, 0.3) is 0 Å². The number of hydrogen-bond acceptors (Lipinski definition) is 14. The lowest BCUT2D eigenvalue weighted by Crippen LogP contribution is -2.40. The van der Waals surface area contributed by atoms with E-state index < -0.39 is 5.41 Å². The van der Waals surface area contributed by atoms with E-state index in [2.05, 4.69) is 23.9 Å². The molecule has 0 aromatic heterocycles. The van der Waals surface area contributed by atoms with Crippen LogP contribution in [-0.4, -0.2) is 149 Å². The average molecular weight is 820 g/mol. The van der Waals surface area contributed by atoms with Crippen molar-refractivity contribution >= 4 is 29.2 Å². The third kappa shape index (κ3) is 36.4. The predicted octanol–water partition coefficient (Wildman–Crippen LogP) is 5.01. The smallest absolute Gasteiger partial charge is 0.307 e. The molecular weight excluding hydrogens is 742 g/mol. The van der Waals surface area contributed by atoms with Gasteiger partial charge in [0.2, 0.25) is 5.91 Å². The van der Waals surface area contributed by atoms with Crippen LogP contribution in [-0.2, 0) is 66.6 Å².